The van der Waals surface area contributed by atoms with Gasteiger partial charge >= 0.3 is 6.09 Å². The highest BCUT2D eigenvalue weighted by atomic mass is 19.1. The molecule has 3 aromatic rings. The molecule has 32 heavy (non-hydrogen) atoms. The van der Waals surface area contributed by atoms with Crippen LogP contribution in [0.5, 0.6) is 0 Å². The van der Waals surface area contributed by atoms with Gasteiger partial charge in [-0.1, -0.05) is 38.1 Å². The third-order valence-corrected chi connectivity index (χ3v) is 5.33. The quantitative estimate of drug-likeness (QED) is 0.524. The smallest absolute Gasteiger partial charge is 0.411 e. The average molecular weight is 438 g/mol. The second kappa shape index (κ2) is 10.7. The first kappa shape index (κ1) is 23.2. The number of benzene rings is 3. The SMILES string of the molecule is CCN(CC)Cc1ccc2cc(COC(=O)Nc3ccc(C(=O)NC)c(F)c3)ccc2c1. The van der Waals surface area contributed by atoms with Crippen molar-refractivity contribution in [3.05, 3.63) is 77.1 Å². The maximum atomic E-state index is 14.0. The molecule has 0 heterocycles. The van der Waals surface area contributed by atoms with Crippen molar-refractivity contribution in [2.24, 2.45) is 0 Å². The van der Waals surface area contributed by atoms with Crippen LogP contribution in [-0.2, 0) is 17.9 Å². The molecule has 0 radical (unpaired) electrons. The zero-order valence-electron chi connectivity index (χ0n) is 18.6. The van der Waals surface area contributed by atoms with Crippen LogP contribution in [0.2, 0.25) is 0 Å². The summed E-state index contributed by atoms with van der Waals surface area (Å²) in [6.07, 6.45) is -0.702. The van der Waals surface area contributed by atoms with Crippen LogP contribution in [0, 0.1) is 5.82 Å². The molecular weight excluding hydrogens is 409 g/mol. The van der Waals surface area contributed by atoms with E-state index in [4.69, 9.17) is 4.74 Å². The standard InChI is InChI=1S/C25H28FN3O3/c1-4-29(5-2)15-17-6-8-20-13-18(7-9-19(20)12-17)16-32-25(31)28-21-10-11-22(23(26)14-21)24(30)27-3/h6-14H,4-5,15-16H2,1-3H3,(H,27,30)(H,28,31). The number of anilines is 1. The van der Waals surface area contributed by atoms with Crippen LogP contribution in [0.3, 0.4) is 0 Å². The van der Waals surface area contributed by atoms with E-state index in [0.29, 0.717) is 0 Å². The lowest BCUT2D eigenvalue weighted by molar-refractivity contribution is 0.0959. The number of halogens is 1. The van der Waals surface area contributed by atoms with Crippen LogP contribution in [-0.4, -0.2) is 37.0 Å². The molecule has 0 aliphatic carbocycles. The Kier molecular flexibility index (Phi) is 7.78. The van der Waals surface area contributed by atoms with Gasteiger partial charge in [0.15, 0.2) is 0 Å². The van der Waals surface area contributed by atoms with Gasteiger partial charge in [0.05, 0.1) is 5.56 Å². The molecule has 0 saturated carbocycles. The van der Waals surface area contributed by atoms with E-state index >= 15 is 0 Å². The van der Waals surface area contributed by atoms with Crippen LogP contribution < -0.4 is 10.6 Å². The number of nitrogens with one attached hydrogen (secondary N) is 2. The van der Waals surface area contributed by atoms with E-state index in [-0.39, 0.29) is 17.9 Å². The van der Waals surface area contributed by atoms with Crippen molar-refractivity contribution in [3.63, 3.8) is 0 Å². The first-order valence-corrected chi connectivity index (χ1v) is 10.6. The normalized spacial score (nSPS) is 10.9. The van der Waals surface area contributed by atoms with Crippen molar-refractivity contribution in [1.29, 1.82) is 0 Å². The largest absolute Gasteiger partial charge is 0.444 e. The molecule has 2 amide bonds. The molecule has 0 bridgehead atoms. The van der Waals surface area contributed by atoms with Gasteiger partial charge in [-0.05, 0) is 65.3 Å². The molecule has 0 saturated heterocycles. The Morgan fingerprint density at radius 1 is 0.938 bits per heavy atom. The van der Waals surface area contributed by atoms with Gasteiger partial charge < -0.3 is 10.1 Å². The van der Waals surface area contributed by atoms with Gasteiger partial charge in [-0.3, -0.25) is 15.0 Å². The van der Waals surface area contributed by atoms with Gasteiger partial charge in [-0.15, -0.1) is 0 Å². The topological polar surface area (TPSA) is 70.7 Å². The predicted octanol–water partition coefficient (Wildman–Crippen LogP) is 4.93. The fourth-order valence-electron chi connectivity index (χ4n) is 3.45. The zero-order chi connectivity index (χ0) is 23.1. The van der Waals surface area contributed by atoms with Crippen LogP contribution in [0.25, 0.3) is 10.8 Å². The van der Waals surface area contributed by atoms with E-state index in [1.165, 1.54) is 24.7 Å². The minimum absolute atomic E-state index is 0.0851. The minimum Gasteiger partial charge on any atom is -0.444 e. The summed E-state index contributed by atoms with van der Waals surface area (Å²) in [7, 11) is 1.42. The number of nitrogens with zero attached hydrogens (tertiary/aromatic N) is 1. The molecule has 0 spiro atoms. The number of hydrogen-bond acceptors (Lipinski definition) is 4. The highest BCUT2D eigenvalue weighted by molar-refractivity contribution is 5.95. The number of carbonyl (C=O) groups is 2. The second-order valence-corrected chi connectivity index (χ2v) is 7.45. The second-order valence-electron chi connectivity index (χ2n) is 7.45. The first-order chi connectivity index (χ1) is 15.4. The van der Waals surface area contributed by atoms with E-state index in [1.54, 1.807) is 0 Å². The van der Waals surface area contributed by atoms with E-state index in [2.05, 4.69) is 47.6 Å². The maximum Gasteiger partial charge on any atom is 0.411 e. The van der Waals surface area contributed by atoms with E-state index in [9.17, 15) is 14.0 Å². The van der Waals surface area contributed by atoms with Crippen molar-refractivity contribution in [1.82, 2.24) is 10.2 Å². The summed E-state index contributed by atoms with van der Waals surface area (Å²) in [6, 6.07) is 16.1. The number of amides is 2. The molecule has 0 atom stereocenters. The van der Waals surface area contributed by atoms with Gasteiger partial charge in [0.1, 0.15) is 12.4 Å². The monoisotopic (exact) mass is 437 g/mol. The summed E-state index contributed by atoms with van der Waals surface area (Å²) < 4.78 is 19.3. The first-order valence-electron chi connectivity index (χ1n) is 10.6. The molecule has 2 N–H and O–H groups in total. The Bertz CT molecular complexity index is 1110. The lowest BCUT2D eigenvalue weighted by Crippen LogP contribution is -2.21. The van der Waals surface area contributed by atoms with E-state index in [0.717, 1.165) is 42.0 Å². The van der Waals surface area contributed by atoms with Gasteiger partial charge in [0.2, 0.25) is 0 Å². The van der Waals surface area contributed by atoms with Crippen molar-refractivity contribution in [2.45, 2.75) is 27.0 Å². The highest BCUT2D eigenvalue weighted by Crippen LogP contribution is 2.20. The summed E-state index contributed by atoms with van der Waals surface area (Å²) in [6.45, 7) is 7.34. The Labute approximate surface area is 187 Å². The molecule has 0 unspecified atom stereocenters. The van der Waals surface area contributed by atoms with Gasteiger partial charge in [-0.2, -0.15) is 0 Å². The van der Waals surface area contributed by atoms with Crippen LogP contribution in [0.15, 0.2) is 54.6 Å². The minimum atomic E-state index is -0.725. The predicted molar refractivity (Wildman–Crippen MR) is 124 cm³/mol. The molecule has 6 nitrogen and oxygen atoms in total. The third kappa shape index (κ3) is 5.82. The zero-order valence-corrected chi connectivity index (χ0v) is 18.6. The lowest BCUT2D eigenvalue weighted by atomic mass is 10.0. The molecule has 0 aliphatic heterocycles. The molecular formula is C25H28FN3O3. The number of fused-ring (bicyclic) bond motifs is 1. The van der Waals surface area contributed by atoms with Crippen LogP contribution >= 0.6 is 0 Å². The summed E-state index contributed by atoms with van der Waals surface area (Å²) in [5, 5.41) is 7.04. The summed E-state index contributed by atoms with van der Waals surface area (Å²) in [5.41, 5.74) is 2.23. The van der Waals surface area contributed by atoms with E-state index < -0.39 is 17.8 Å². The summed E-state index contributed by atoms with van der Waals surface area (Å²) >= 11 is 0. The molecule has 0 aliphatic rings. The van der Waals surface area contributed by atoms with Crippen LogP contribution in [0.4, 0.5) is 14.9 Å². The Morgan fingerprint density at radius 2 is 1.59 bits per heavy atom. The van der Waals surface area contributed by atoms with E-state index in [1.807, 2.05) is 18.2 Å². The molecule has 0 fully saturated rings. The molecule has 3 rings (SSSR count). The van der Waals surface area contributed by atoms with Gasteiger partial charge in [0.25, 0.3) is 5.91 Å². The van der Waals surface area contributed by atoms with Crippen LogP contribution in [0.1, 0.15) is 35.3 Å². The highest BCUT2D eigenvalue weighted by Gasteiger charge is 2.12. The average Bonchev–Trinajstić information content (AvgIpc) is 2.80. The number of carbonyl (C=O) groups excluding carboxylic acids is 2. The number of rotatable bonds is 8. The van der Waals surface area contributed by atoms with Crippen molar-refractivity contribution in [2.75, 3.05) is 25.5 Å². The molecule has 168 valence electrons. The summed E-state index contributed by atoms with van der Waals surface area (Å²) in [5.74, 6) is -1.26. The molecule has 7 heteroatoms. The van der Waals surface area contributed by atoms with Gasteiger partial charge in [0, 0.05) is 19.3 Å². The fourth-order valence-corrected chi connectivity index (χ4v) is 3.45. The Morgan fingerprint density at radius 3 is 2.22 bits per heavy atom. The maximum absolute atomic E-state index is 14.0. The van der Waals surface area contributed by atoms with Crippen molar-refractivity contribution < 1.29 is 18.7 Å². The third-order valence-electron chi connectivity index (χ3n) is 5.33. The van der Waals surface area contributed by atoms with Crippen molar-refractivity contribution >= 4 is 28.5 Å². The van der Waals surface area contributed by atoms with Crippen molar-refractivity contribution in [3.8, 4) is 0 Å². The Balaban J connectivity index is 1.60. The molecule has 3 aromatic carbocycles. The molecule has 0 aromatic heterocycles. The number of hydrogen-bond donors (Lipinski definition) is 2. The number of ether oxygens (including phenoxy) is 1. The Hall–Kier alpha value is -3.45. The lowest BCUT2D eigenvalue weighted by Gasteiger charge is -2.18. The summed E-state index contributed by atoms with van der Waals surface area (Å²) in [4.78, 5) is 26.0. The fraction of sp³-hybridized carbons (Fsp3) is 0.280. The van der Waals surface area contributed by atoms with Gasteiger partial charge in [-0.25, -0.2) is 9.18 Å².